The SMILES string of the molecule is CC(=O)Nc1ccc(S(=O)(=O)O)c(N=Nc2c(S(=O)(=O)O)cc3ccc(NC(C)=O)cc3c2O)c1. The Morgan fingerprint density at radius 3 is 1.86 bits per heavy atom. The Balaban J connectivity index is 2.27. The first-order chi connectivity index (χ1) is 16.2. The standard InChI is InChI=1S/C20H18N4O9S2/c1-10(25)21-13-4-3-12-7-18(35(31,32)33)19(20(27)15(12)8-13)24-23-16-9-14(22-11(2)26)5-6-17(16)34(28,29)30/h3-9,27H,1-2H3,(H,21,25)(H,22,26)(H,28,29,30)(H,31,32,33). The van der Waals surface area contributed by atoms with Gasteiger partial charge in [-0.2, -0.15) is 16.8 Å². The molecule has 0 saturated heterocycles. The number of phenolic OH excluding ortho intramolecular Hbond substituents is 1. The van der Waals surface area contributed by atoms with Crippen molar-refractivity contribution < 1.29 is 40.6 Å². The Morgan fingerprint density at radius 2 is 1.31 bits per heavy atom. The lowest BCUT2D eigenvalue weighted by molar-refractivity contribution is -0.115. The molecule has 0 aliphatic rings. The van der Waals surface area contributed by atoms with Crippen LogP contribution in [0.5, 0.6) is 5.75 Å². The van der Waals surface area contributed by atoms with E-state index in [2.05, 4.69) is 20.9 Å². The van der Waals surface area contributed by atoms with Crippen LogP contribution in [0.25, 0.3) is 10.8 Å². The van der Waals surface area contributed by atoms with E-state index in [0.29, 0.717) is 0 Å². The molecule has 3 rings (SSSR count). The Kier molecular flexibility index (Phi) is 6.89. The first kappa shape index (κ1) is 25.7. The lowest BCUT2D eigenvalue weighted by Gasteiger charge is -2.11. The predicted molar refractivity (Wildman–Crippen MR) is 124 cm³/mol. The largest absolute Gasteiger partial charge is 0.505 e. The summed E-state index contributed by atoms with van der Waals surface area (Å²) in [7, 11) is -9.77. The summed E-state index contributed by atoms with van der Waals surface area (Å²) in [6, 6.07) is 8.26. The summed E-state index contributed by atoms with van der Waals surface area (Å²) >= 11 is 0. The number of benzene rings is 3. The highest BCUT2D eigenvalue weighted by Crippen LogP contribution is 2.42. The van der Waals surface area contributed by atoms with Crippen molar-refractivity contribution in [2.24, 2.45) is 10.2 Å². The number of phenols is 1. The molecule has 35 heavy (non-hydrogen) atoms. The van der Waals surface area contributed by atoms with Gasteiger partial charge >= 0.3 is 0 Å². The zero-order valence-corrected chi connectivity index (χ0v) is 19.7. The van der Waals surface area contributed by atoms with E-state index in [-0.39, 0.29) is 22.1 Å². The molecule has 0 heterocycles. The Bertz CT molecular complexity index is 1620. The van der Waals surface area contributed by atoms with Crippen molar-refractivity contribution in [3.8, 4) is 5.75 Å². The third-order valence-corrected chi connectivity index (χ3v) is 6.23. The average molecular weight is 523 g/mol. The molecule has 2 amide bonds. The number of fused-ring (bicyclic) bond motifs is 1. The number of carbonyl (C=O) groups excluding carboxylic acids is 2. The first-order valence-electron chi connectivity index (χ1n) is 9.52. The lowest BCUT2D eigenvalue weighted by atomic mass is 10.1. The van der Waals surface area contributed by atoms with E-state index in [0.717, 1.165) is 18.2 Å². The number of anilines is 2. The van der Waals surface area contributed by atoms with E-state index >= 15 is 0 Å². The Labute approximate surface area is 199 Å². The van der Waals surface area contributed by atoms with E-state index in [1.807, 2.05) is 0 Å². The van der Waals surface area contributed by atoms with Gasteiger partial charge in [-0.15, -0.1) is 10.2 Å². The van der Waals surface area contributed by atoms with Gasteiger partial charge in [-0.3, -0.25) is 18.7 Å². The van der Waals surface area contributed by atoms with Gasteiger partial charge in [-0.25, -0.2) is 0 Å². The zero-order valence-electron chi connectivity index (χ0n) is 18.0. The van der Waals surface area contributed by atoms with E-state index in [1.54, 1.807) is 0 Å². The minimum atomic E-state index is -4.95. The number of carbonyl (C=O) groups is 2. The smallest absolute Gasteiger partial charge is 0.296 e. The average Bonchev–Trinajstić information content (AvgIpc) is 2.71. The number of aromatic hydroxyl groups is 1. The summed E-state index contributed by atoms with van der Waals surface area (Å²) in [6.07, 6.45) is 0. The van der Waals surface area contributed by atoms with E-state index in [9.17, 15) is 40.6 Å². The van der Waals surface area contributed by atoms with E-state index in [1.165, 1.54) is 38.1 Å². The van der Waals surface area contributed by atoms with Gasteiger partial charge in [-0.1, -0.05) is 6.07 Å². The zero-order chi connectivity index (χ0) is 26.1. The second-order valence-corrected chi connectivity index (χ2v) is 9.98. The molecule has 0 bridgehead atoms. The number of nitrogens with zero attached hydrogens (tertiary/aromatic N) is 2. The number of hydrogen-bond donors (Lipinski definition) is 5. The number of azo groups is 1. The minimum absolute atomic E-state index is 0.0274. The fourth-order valence-corrected chi connectivity index (χ4v) is 4.38. The molecule has 184 valence electrons. The summed E-state index contributed by atoms with van der Waals surface area (Å²) < 4.78 is 66.6. The van der Waals surface area contributed by atoms with Crippen LogP contribution < -0.4 is 10.6 Å². The monoisotopic (exact) mass is 522 g/mol. The van der Waals surface area contributed by atoms with Gasteiger partial charge < -0.3 is 15.7 Å². The van der Waals surface area contributed by atoms with Gasteiger partial charge in [0.15, 0.2) is 5.75 Å². The molecule has 3 aromatic carbocycles. The maximum absolute atomic E-state index is 12.0. The van der Waals surface area contributed by atoms with Crippen LogP contribution in [-0.2, 0) is 29.8 Å². The number of nitrogens with one attached hydrogen (secondary N) is 2. The maximum atomic E-state index is 12.0. The van der Waals surface area contributed by atoms with Gasteiger partial charge in [0.25, 0.3) is 20.2 Å². The molecule has 0 saturated carbocycles. The van der Waals surface area contributed by atoms with Gasteiger partial charge in [0.05, 0.1) is 0 Å². The first-order valence-corrected chi connectivity index (χ1v) is 12.4. The highest BCUT2D eigenvalue weighted by atomic mass is 32.2. The summed E-state index contributed by atoms with van der Waals surface area (Å²) in [5.41, 5.74) is -0.909. The highest BCUT2D eigenvalue weighted by Gasteiger charge is 2.23. The van der Waals surface area contributed by atoms with E-state index < -0.39 is 59.0 Å². The van der Waals surface area contributed by atoms with Crippen molar-refractivity contribution in [1.82, 2.24) is 0 Å². The molecule has 0 aromatic heterocycles. The molecule has 13 nitrogen and oxygen atoms in total. The van der Waals surface area contributed by atoms with Crippen LogP contribution in [0, 0.1) is 0 Å². The molecular weight excluding hydrogens is 504 g/mol. The molecule has 0 radical (unpaired) electrons. The van der Waals surface area contributed by atoms with Gasteiger partial charge in [0, 0.05) is 30.6 Å². The van der Waals surface area contributed by atoms with Crippen LogP contribution in [0.1, 0.15) is 13.8 Å². The molecule has 0 unspecified atom stereocenters. The second-order valence-electron chi connectivity index (χ2n) is 7.20. The van der Waals surface area contributed by atoms with Crippen LogP contribution in [-0.4, -0.2) is 42.9 Å². The predicted octanol–water partition coefficient (Wildman–Crippen LogP) is 3.37. The molecule has 3 aromatic rings. The molecule has 5 N–H and O–H groups in total. The molecule has 0 aliphatic carbocycles. The van der Waals surface area contributed by atoms with Crippen molar-refractivity contribution >= 4 is 65.6 Å². The van der Waals surface area contributed by atoms with Crippen molar-refractivity contribution in [2.45, 2.75) is 23.6 Å². The molecule has 0 atom stereocenters. The normalized spacial score (nSPS) is 12.1. The van der Waals surface area contributed by atoms with E-state index in [4.69, 9.17) is 0 Å². The summed E-state index contributed by atoms with van der Waals surface area (Å²) in [4.78, 5) is 21.1. The third-order valence-electron chi connectivity index (χ3n) is 4.47. The summed E-state index contributed by atoms with van der Waals surface area (Å²) in [5, 5.41) is 23.1. The topological polar surface area (TPSA) is 212 Å². The van der Waals surface area contributed by atoms with Crippen LogP contribution in [0.3, 0.4) is 0 Å². The maximum Gasteiger partial charge on any atom is 0.296 e. The summed E-state index contributed by atoms with van der Waals surface area (Å²) in [6.45, 7) is 2.45. The van der Waals surface area contributed by atoms with Crippen LogP contribution in [0.4, 0.5) is 22.7 Å². The molecule has 15 heteroatoms. The van der Waals surface area contributed by atoms with Gasteiger partial charge in [0.1, 0.15) is 21.2 Å². The fraction of sp³-hybridized carbons (Fsp3) is 0.100. The number of rotatable bonds is 6. The van der Waals surface area contributed by atoms with Crippen LogP contribution >= 0.6 is 0 Å². The molecule has 0 fully saturated rings. The van der Waals surface area contributed by atoms with Crippen LogP contribution in [0.15, 0.2) is 62.5 Å². The fourth-order valence-electron chi connectivity index (χ4n) is 3.11. The Morgan fingerprint density at radius 1 is 0.771 bits per heavy atom. The third kappa shape index (κ3) is 5.96. The van der Waals surface area contributed by atoms with Crippen molar-refractivity contribution in [1.29, 1.82) is 0 Å². The van der Waals surface area contributed by atoms with Crippen molar-refractivity contribution in [3.63, 3.8) is 0 Å². The lowest BCUT2D eigenvalue weighted by Crippen LogP contribution is -2.06. The minimum Gasteiger partial charge on any atom is -0.505 e. The molecular formula is C20H18N4O9S2. The number of amides is 2. The highest BCUT2D eigenvalue weighted by molar-refractivity contribution is 7.86. The van der Waals surface area contributed by atoms with Crippen LogP contribution in [0.2, 0.25) is 0 Å². The van der Waals surface area contributed by atoms with Gasteiger partial charge in [0.2, 0.25) is 11.8 Å². The van der Waals surface area contributed by atoms with Crippen molar-refractivity contribution in [3.05, 3.63) is 42.5 Å². The number of hydrogen-bond acceptors (Lipinski definition) is 9. The summed E-state index contributed by atoms with van der Waals surface area (Å²) in [5.74, 6) is -1.66. The van der Waals surface area contributed by atoms with Crippen molar-refractivity contribution in [2.75, 3.05) is 10.6 Å². The Hall–Kier alpha value is -3.92. The van der Waals surface area contributed by atoms with Gasteiger partial charge in [-0.05, 0) is 41.8 Å². The second kappa shape index (κ2) is 9.38. The quantitative estimate of drug-likeness (QED) is 0.237. The molecule has 0 spiro atoms. The molecule has 0 aliphatic heterocycles.